The Balaban J connectivity index is 1.54. The van der Waals surface area contributed by atoms with Gasteiger partial charge in [-0.15, -0.1) is 5.10 Å². The summed E-state index contributed by atoms with van der Waals surface area (Å²) in [6, 6.07) is 12.0. The molecule has 3 heterocycles. The highest BCUT2D eigenvalue weighted by atomic mass is 35.5. The number of rotatable bonds is 5. The molecule has 204 valence electrons. The van der Waals surface area contributed by atoms with Crippen molar-refractivity contribution in [2.24, 2.45) is 7.05 Å². The van der Waals surface area contributed by atoms with Crippen molar-refractivity contribution in [1.29, 1.82) is 0 Å². The van der Waals surface area contributed by atoms with E-state index >= 15 is 0 Å². The van der Waals surface area contributed by atoms with Gasteiger partial charge in [-0.25, -0.2) is 9.67 Å². The number of hydrogen-bond acceptors (Lipinski definition) is 4. The molecular weight excluding hydrogens is 529 g/mol. The zero-order valence-electron chi connectivity index (χ0n) is 22.0. The predicted molar refractivity (Wildman–Crippen MR) is 142 cm³/mol. The second-order valence-electron chi connectivity index (χ2n) is 9.69. The van der Waals surface area contributed by atoms with Gasteiger partial charge in [0, 0.05) is 29.2 Å². The van der Waals surface area contributed by atoms with Crippen LogP contribution in [-0.4, -0.2) is 41.4 Å². The lowest BCUT2D eigenvalue weighted by Crippen LogP contribution is -2.47. The topological polar surface area (TPSA) is 68.8 Å². The van der Waals surface area contributed by atoms with E-state index in [0.29, 0.717) is 30.1 Å². The first-order valence-electron chi connectivity index (χ1n) is 12.8. The molecule has 1 aliphatic rings. The summed E-state index contributed by atoms with van der Waals surface area (Å²) in [6.07, 6.45) is -2.59. The fourth-order valence-corrected chi connectivity index (χ4v) is 5.66. The van der Waals surface area contributed by atoms with E-state index in [1.165, 1.54) is 16.8 Å². The maximum Gasteiger partial charge on any atom is 0.416 e. The van der Waals surface area contributed by atoms with E-state index in [1.807, 2.05) is 49.8 Å². The number of benzene rings is 2. The van der Waals surface area contributed by atoms with Crippen LogP contribution in [-0.2, 0) is 19.6 Å². The third-order valence-electron chi connectivity index (χ3n) is 7.23. The first-order chi connectivity index (χ1) is 18.5. The molecule has 2 aromatic heterocycles. The quantitative estimate of drug-likeness (QED) is 0.278. The van der Waals surface area contributed by atoms with E-state index in [0.717, 1.165) is 34.6 Å². The van der Waals surface area contributed by atoms with Crippen LogP contribution in [0.25, 0.3) is 16.9 Å². The predicted octanol–water partition coefficient (Wildman–Crippen LogP) is 6.58. The highest BCUT2D eigenvalue weighted by molar-refractivity contribution is 6.30. The fourth-order valence-electron chi connectivity index (χ4n) is 5.47. The molecule has 4 aromatic rings. The molecule has 0 fully saturated rings. The number of fused-ring (bicyclic) bond motifs is 1. The second kappa shape index (κ2) is 10.1. The molecule has 0 saturated carbocycles. The highest BCUT2D eigenvalue weighted by Crippen LogP contribution is 2.41. The number of halogens is 4. The Kier molecular flexibility index (Phi) is 7.00. The van der Waals surface area contributed by atoms with Crippen LogP contribution in [0.5, 0.6) is 0 Å². The highest BCUT2D eigenvalue weighted by Gasteiger charge is 2.41. The van der Waals surface area contributed by atoms with E-state index in [1.54, 1.807) is 11.8 Å². The minimum Gasteiger partial charge on any atom is -0.324 e. The van der Waals surface area contributed by atoms with E-state index in [9.17, 15) is 18.0 Å². The van der Waals surface area contributed by atoms with Crippen molar-refractivity contribution in [3.8, 4) is 16.9 Å². The Morgan fingerprint density at radius 2 is 1.82 bits per heavy atom. The van der Waals surface area contributed by atoms with Gasteiger partial charge < -0.3 is 4.90 Å². The lowest BCUT2D eigenvalue weighted by Gasteiger charge is -2.40. The van der Waals surface area contributed by atoms with Crippen LogP contribution in [0.3, 0.4) is 0 Å². The molecule has 2 unspecified atom stereocenters. The number of nitrogens with zero attached hydrogens (tertiary/aromatic N) is 6. The Morgan fingerprint density at radius 3 is 2.49 bits per heavy atom. The van der Waals surface area contributed by atoms with Gasteiger partial charge in [-0.05, 0) is 56.5 Å². The molecule has 0 spiro atoms. The van der Waals surface area contributed by atoms with E-state index < -0.39 is 11.7 Å². The molecule has 2 atom stereocenters. The third kappa shape index (κ3) is 4.82. The van der Waals surface area contributed by atoms with E-state index in [-0.39, 0.29) is 29.5 Å². The molecule has 1 amide bonds. The average molecular weight is 557 g/mol. The van der Waals surface area contributed by atoms with Crippen molar-refractivity contribution in [3.05, 3.63) is 82.0 Å². The fraction of sp³-hybridized carbons (Fsp3) is 0.357. The number of aryl methyl sites for hydroxylation is 2. The second-order valence-corrected chi connectivity index (χ2v) is 10.1. The summed E-state index contributed by atoms with van der Waals surface area (Å²) in [5.74, 6) is -0.114. The van der Waals surface area contributed by atoms with E-state index in [4.69, 9.17) is 16.7 Å². The SMILES string of the molecule is CCC1Cc2c(nn(C)c2-c2cccc(Cl)c2)C(CC)N1C(=O)c1nc(C)n(-c2cccc(C(F)(F)F)c2)n1. The first kappa shape index (κ1) is 26.9. The molecule has 2 aromatic carbocycles. The summed E-state index contributed by atoms with van der Waals surface area (Å²) >= 11 is 6.28. The lowest BCUT2D eigenvalue weighted by molar-refractivity contribution is -0.137. The van der Waals surface area contributed by atoms with Gasteiger partial charge in [0.05, 0.1) is 28.7 Å². The molecule has 1 aliphatic heterocycles. The van der Waals surface area contributed by atoms with Crippen LogP contribution in [0.2, 0.25) is 5.02 Å². The molecule has 0 saturated heterocycles. The van der Waals surface area contributed by atoms with Crippen LogP contribution >= 0.6 is 11.6 Å². The molecule has 39 heavy (non-hydrogen) atoms. The van der Waals surface area contributed by atoms with Crippen molar-refractivity contribution >= 4 is 17.5 Å². The van der Waals surface area contributed by atoms with Crippen molar-refractivity contribution in [2.75, 3.05) is 0 Å². The van der Waals surface area contributed by atoms with Gasteiger partial charge in [-0.2, -0.15) is 18.3 Å². The summed E-state index contributed by atoms with van der Waals surface area (Å²) in [6.45, 7) is 5.64. The molecule has 0 N–H and O–H groups in total. The van der Waals surface area contributed by atoms with Crippen LogP contribution in [0.15, 0.2) is 48.5 Å². The molecule has 7 nitrogen and oxygen atoms in total. The van der Waals surface area contributed by atoms with Crippen molar-refractivity contribution in [1.82, 2.24) is 29.4 Å². The number of hydrogen-bond donors (Lipinski definition) is 0. The smallest absolute Gasteiger partial charge is 0.324 e. The third-order valence-corrected chi connectivity index (χ3v) is 7.46. The molecule has 0 aliphatic carbocycles. The van der Waals surface area contributed by atoms with Crippen LogP contribution in [0.4, 0.5) is 13.2 Å². The zero-order valence-corrected chi connectivity index (χ0v) is 22.8. The lowest BCUT2D eigenvalue weighted by atomic mass is 9.87. The van der Waals surface area contributed by atoms with Gasteiger partial charge in [0.2, 0.25) is 5.82 Å². The Bertz CT molecular complexity index is 1540. The minimum atomic E-state index is -4.50. The molecule has 11 heteroatoms. The largest absolute Gasteiger partial charge is 0.416 e. The number of amides is 1. The van der Waals surface area contributed by atoms with Crippen molar-refractivity contribution in [3.63, 3.8) is 0 Å². The molecule has 0 bridgehead atoms. The summed E-state index contributed by atoms with van der Waals surface area (Å²) < 4.78 is 43.0. The van der Waals surface area contributed by atoms with Gasteiger partial charge in [-0.3, -0.25) is 9.48 Å². The maximum absolute atomic E-state index is 13.9. The number of alkyl halides is 3. The Labute approximate surface area is 229 Å². The average Bonchev–Trinajstić information content (AvgIpc) is 3.45. The van der Waals surface area contributed by atoms with Gasteiger partial charge in [-0.1, -0.05) is 43.6 Å². The normalized spacial score (nSPS) is 17.4. The zero-order chi connectivity index (χ0) is 28.1. The van der Waals surface area contributed by atoms with Crippen molar-refractivity contribution < 1.29 is 18.0 Å². The van der Waals surface area contributed by atoms with Gasteiger partial charge >= 0.3 is 6.18 Å². The summed E-state index contributed by atoms with van der Waals surface area (Å²) in [7, 11) is 1.88. The van der Waals surface area contributed by atoms with Crippen LogP contribution < -0.4 is 0 Å². The molecule has 0 radical (unpaired) electrons. The van der Waals surface area contributed by atoms with Crippen LogP contribution in [0, 0.1) is 6.92 Å². The van der Waals surface area contributed by atoms with Gasteiger partial charge in [0.15, 0.2) is 0 Å². The van der Waals surface area contributed by atoms with Gasteiger partial charge in [0.1, 0.15) is 5.82 Å². The van der Waals surface area contributed by atoms with E-state index in [2.05, 4.69) is 10.1 Å². The molecule has 5 rings (SSSR count). The summed E-state index contributed by atoms with van der Waals surface area (Å²) in [5, 5.41) is 9.82. The van der Waals surface area contributed by atoms with Crippen LogP contribution in [0.1, 0.15) is 66.0 Å². The number of carbonyl (C=O) groups excluding carboxylic acids is 1. The van der Waals surface area contributed by atoms with Crippen molar-refractivity contribution in [2.45, 2.75) is 58.3 Å². The first-order valence-corrected chi connectivity index (χ1v) is 13.2. The standard InChI is InChI=1S/C28H28ClF3N6O/c1-5-20-15-22-24(34-36(4)25(22)17-9-7-11-19(29)13-17)23(6-2)37(20)27(39)26-33-16(3)38(35-26)21-12-8-10-18(14-21)28(30,31)32/h7-14,20,23H,5-6,15H2,1-4H3. The number of aromatic nitrogens is 5. The summed E-state index contributed by atoms with van der Waals surface area (Å²) in [5.41, 5.74) is 3.22. The Hall–Kier alpha value is -3.66. The molecular formula is C28H28ClF3N6O. The minimum absolute atomic E-state index is 0.0590. The number of carbonyl (C=O) groups is 1. The van der Waals surface area contributed by atoms with Gasteiger partial charge in [0.25, 0.3) is 5.91 Å². The monoisotopic (exact) mass is 556 g/mol. The Morgan fingerprint density at radius 1 is 1.08 bits per heavy atom. The summed E-state index contributed by atoms with van der Waals surface area (Å²) in [4.78, 5) is 20.1. The maximum atomic E-state index is 13.9.